The van der Waals surface area contributed by atoms with Crippen molar-refractivity contribution in [3.63, 3.8) is 0 Å². The first kappa shape index (κ1) is 24.1. The van der Waals surface area contributed by atoms with Crippen molar-refractivity contribution in [2.75, 3.05) is 54.9 Å². The van der Waals surface area contributed by atoms with Crippen molar-refractivity contribution in [3.05, 3.63) is 53.9 Å². The number of rotatable bonds is 6. The average molecular weight is 495 g/mol. The van der Waals surface area contributed by atoms with Crippen molar-refractivity contribution in [1.82, 2.24) is 15.2 Å². The van der Waals surface area contributed by atoms with Gasteiger partial charge in [0.2, 0.25) is 5.91 Å². The minimum absolute atomic E-state index is 0.0792. The number of pyridine rings is 1. The fourth-order valence-corrected chi connectivity index (χ4v) is 4.96. The van der Waals surface area contributed by atoms with Gasteiger partial charge in [0.1, 0.15) is 5.82 Å². The molecule has 2 saturated heterocycles. The first-order valence-corrected chi connectivity index (χ1v) is 12.4. The maximum absolute atomic E-state index is 15.4. The lowest BCUT2D eigenvalue weighted by molar-refractivity contribution is -0.126. The predicted octanol–water partition coefficient (Wildman–Crippen LogP) is 3.02. The van der Waals surface area contributed by atoms with E-state index in [2.05, 4.69) is 32.4 Å². The normalized spacial score (nSPS) is 19.8. The molecule has 3 aliphatic rings. The molecule has 3 aliphatic heterocycles. The predicted molar refractivity (Wildman–Crippen MR) is 136 cm³/mol. The van der Waals surface area contributed by atoms with E-state index in [-0.39, 0.29) is 41.3 Å². The van der Waals surface area contributed by atoms with Gasteiger partial charge in [-0.3, -0.25) is 9.59 Å². The third-order valence-corrected chi connectivity index (χ3v) is 6.89. The first-order valence-electron chi connectivity index (χ1n) is 12.4. The highest BCUT2D eigenvalue weighted by Gasteiger charge is 2.31. The number of benzene rings is 1. The zero-order valence-corrected chi connectivity index (χ0v) is 20.2. The Morgan fingerprint density at radius 1 is 1.17 bits per heavy atom. The van der Waals surface area contributed by atoms with E-state index in [1.54, 1.807) is 4.90 Å². The van der Waals surface area contributed by atoms with Gasteiger partial charge in [-0.15, -0.1) is 0 Å². The number of ether oxygens (including phenoxy) is 1. The summed E-state index contributed by atoms with van der Waals surface area (Å²) in [6, 6.07) is 7.70. The van der Waals surface area contributed by atoms with Gasteiger partial charge in [0.05, 0.1) is 18.8 Å². The molecule has 1 aromatic heterocycles. The third kappa shape index (κ3) is 4.99. The Morgan fingerprint density at radius 3 is 2.69 bits per heavy atom. The quantitative estimate of drug-likeness (QED) is 0.531. The molecular weight excluding hydrogens is 463 g/mol. The van der Waals surface area contributed by atoms with Crippen LogP contribution in [0.2, 0.25) is 0 Å². The smallest absolute Gasteiger partial charge is 0.255 e. The Kier molecular flexibility index (Phi) is 7.04. The molecule has 36 heavy (non-hydrogen) atoms. The van der Waals surface area contributed by atoms with Crippen LogP contribution >= 0.6 is 0 Å². The molecule has 1 atom stereocenters. The van der Waals surface area contributed by atoms with Crippen LogP contribution in [0.15, 0.2) is 36.9 Å². The van der Waals surface area contributed by atoms with Gasteiger partial charge < -0.3 is 30.5 Å². The van der Waals surface area contributed by atoms with Gasteiger partial charge in [0, 0.05) is 55.7 Å². The van der Waals surface area contributed by atoms with E-state index in [0.717, 1.165) is 43.7 Å². The van der Waals surface area contributed by atoms with E-state index in [4.69, 9.17) is 4.74 Å². The zero-order valence-electron chi connectivity index (χ0n) is 20.2. The number of nitrogens with one attached hydrogen (secondary N) is 3. The SMILES string of the molecule is C=CC(=O)N1CCCC[C@H](Nc2nc(Nc3ccc(N4CCOCC4)cc3)c3c(c2F)CNC3=O)C1. The average Bonchev–Trinajstić information content (AvgIpc) is 3.15. The standard InChI is InChI=1S/C26H31FN6O3/c1-2-21(34)33-10-4-3-5-18(16-33)30-25-23(27)20-15-28-26(35)22(20)24(31-25)29-17-6-8-19(9-7-17)32-11-13-36-14-12-32/h2,6-9,18H,1,3-5,10-16H2,(H,28,35)(H2,29,30,31)/t18-/m0/s1. The zero-order chi connectivity index (χ0) is 25.1. The number of carbonyl (C=O) groups excluding carboxylic acids is 2. The number of nitrogens with zero attached hydrogens (tertiary/aromatic N) is 3. The molecule has 4 heterocycles. The molecule has 10 heteroatoms. The van der Waals surface area contributed by atoms with Gasteiger partial charge in [-0.25, -0.2) is 9.37 Å². The minimum atomic E-state index is -0.539. The summed E-state index contributed by atoms with van der Waals surface area (Å²) >= 11 is 0. The van der Waals surface area contributed by atoms with Crippen molar-refractivity contribution in [2.45, 2.75) is 31.8 Å². The summed E-state index contributed by atoms with van der Waals surface area (Å²) < 4.78 is 20.9. The van der Waals surface area contributed by atoms with Gasteiger partial charge >= 0.3 is 0 Å². The van der Waals surface area contributed by atoms with Crippen LogP contribution < -0.4 is 20.9 Å². The molecule has 0 unspecified atom stereocenters. The third-order valence-electron chi connectivity index (χ3n) is 6.89. The summed E-state index contributed by atoms with van der Waals surface area (Å²) in [6.45, 7) is 7.86. The van der Waals surface area contributed by atoms with Crippen LogP contribution in [0.4, 0.5) is 27.4 Å². The molecule has 0 radical (unpaired) electrons. The minimum Gasteiger partial charge on any atom is -0.378 e. The van der Waals surface area contributed by atoms with Crippen LogP contribution in [-0.4, -0.2) is 67.1 Å². The van der Waals surface area contributed by atoms with Crippen LogP contribution in [0.3, 0.4) is 0 Å². The lowest BCUT2D eigenvalue weighted by Gasteiger charge is -2.29. The number of likely N-dealkylation sites (tertiary alicyclic amines) is 1. The highest BCUT2D eigenvalue weighted by molar-refractivity contribution is 6.03. The second kappa shape index (κ2) is 10.5. The fourth-order valence-electron chi connectivity index (χ4n) is 4.96. The van der Waals surface area contributed by atoms with E-state index in [1.165, 1.54) is 6.08 Å². The van der Waals surface area contributed by atoms with Crippen molar-refractivity contribution in [3.8, 4) is 0 Å². The van der Waals surface area contributed by atoms with Crippen molar-refractivity contribution in [2.24, 2.45) is 0 Å². The topological polar surface area (TPSA) is 98.8 Å². The monoisotopic (exact) mass is 494 g/mol. The van der Waals surface area contributed by atoms with Crippen molar-refractivity contribution >= 4 is 34.8 Å². The molecule has 2 amide bonds. The number of hydrogen-bond donors (Lipinski definition) is 3. The Balaban J connectivity index is 1.39. The van der Waals surface area contributed by atoms with Crippen LogP contribution in [-0.2, 0) is 16.1 Å². The van der Waals surface area contributed by atoms with E-state index in [9.17, 15) is 9.59 Å². The Morgan fingerprint density at radius 2 is 1.94 bits per heavy atom. The first-order chi connectivity index (χ1) is 17.5. The summed E-state index contributed by atoms with van der Waals surface area (Å²) in [4.78, 5) is 33.2. The second-order valence-electron chi connectivity index (χ2n) is 9.26. The van der Waals surface area contributed by atoms with Crippen LogP contribution in [0.5, 0.6) is 0 Å². The molecule has 9 nitrogen and oxygen atoms in total. The largest absolute Gasteiger partial charge is 0.378 e. The summed E-state index contributed by atoms with van der Waals surface area (Å²) in [5, 5.41) is 9.13. The lowest BCUT2D eigenvalue weighted by atomic mass is 10.1. The van der Waals surface area contributed by atoms with Gasteiger partial charge in [0.25, 0.3) is 5.91 Å². The molecule has 5 rings (SSSR count). The lowest BCUT2D eigenvalue weighted by Crippen LogP contribution is -2.38. The molecule has 0 bridgehead atoms. The summed E-state index contributed by atoms with van der Waals surface area (Å²) in [5.41, 5.74) is 2.35. The number of aromatic nitrogens is 1. The fraction of sp³-hybridized carbons (Fsp3) is 0.423. The van der Waals surface area contributed by atoms with Crippen molar-refractivity contribution in [1.29, 1.82) is 0 Å². The maximum Gasteiger partial charge on any atom is 0.255 e. The van der Waals surface area contributed by atoms with E-state index < -0.39 is 5.82 Å². The number of hydrogen-bond acceptors (Lipinski definition) is 7. The van der Waals surface area contributed by atoms with Crippen molar-refractivity contribution < 1.29 is 18.7 Å². The highest BCUT2D eigenvalue weighted by atomic mass is 19.1. The Labute approximate surface area is 209 Å². The van der Waals surface area contributed by atoms with Gasteiger partial charge in [-0.1, -0.05) is 6.58 Å². The second-order valence-corrected chi connectivity index (χ2v) is 9.26. The number of fused-ring (bicyclic) bond motifs is 1. The van der Waals surface area contributed by atoms with E-state index >= 15 is 4.39 Å². The number of anilines is 4. The Hall–Kier alpha value is -3.66. The summed E-state index contributed by atoms with van der Waals surface area (Å²) in [5.74, 6) is -0.648. The number of amides is 2. The number of morpholine rings is 1. The van der Waals surface area contributed by atoms with Crippen LogP contribution in [0.25, 0.3) is 0 Å². The molecule has 1 aromatic carbocycles. The molecule has 0 spiro atoms. The van der Waals surface area contributed by atoms with Crippen LogP contribution in [0.1, 0.15) is 35.2 Å². The number of carbonyl (C=O) groups is 2. The molecule has 3 N–H and O–H groups in total. The molecule has 0 saturated carbocycles. The van der Waals surface area contributed by atoms with E-state index in [1.807, 2.05) is 24.3 Å². The van der Waals surface area contributed by atoms with Crippen LogP contribution in [0, 0.1) is 5.82 Å². The number of halogens is 1. The highest BCUT2D eigenvalue weighted by Crippen LogP contribution is 2.32. The van der Waals surface area contributed by atoms with E-state index in [0.29, 0.717) is 32.1 Å². The summed E-state index contributed by atoms with van der Waals surface area (Å²) in [7, 11) is 0. The molecule has 0 aliphatic carbocycles. The molecule has 190 valence electrons. The molecular formula is C26H31FN6O3. The van der Waals surface area contributed by atoms with Gasteiger partial charge in [-0.2, -0.15) is 0 Å². The molecule has 2 aromatic rings. The summed E-state index contributed by atoms with van der Waals surface area (Å²) in [6.07, 6.45) is 3.87. The maximum atomic E-state index is 15.4. The molecule has 2 fully saturated rings. The van der Waals surface area contributed by atoms with Gasteiger partial charge in [0.15, 0.2) is 11.6 Å². The van der Waals surface area contributed by atoms with Gasteiger partial charge in [-0.05, 0) is 49.6 Å². The Bertz CT molecular complexity index is 1150.